The zero-order valence-corrected chi connectivity index (χ0v) is 8.20. The summed E-state index contributed by atoms with van der Waals surface area (Å²) in [7, 11) is 0. The maximum Gasteiger partial charge on any atom is 0.417 e. The van der Waals surface area contributed by atoms with Crippen LogP contribution in [0, 0.1) is 0 Å². The lowest BCUT2D eigenvalue weighted by Crippen LogP contribution is -2.33. The van der Waals surface area contributed by atoms with E-state index in [1.807, 2.05) is 20.8 Å². The van der Waals surface area contributed by atoms with Crippen molar-refractivity contribution in [3.63, 3.8) is 0 Å². The Bertz CT molecular complexity index is 270. The fourth-order valence-corrected chi connectivity index (χ4v) is 0.782. The van der Waals surface area contributed by atoms with Gasteiger partial charge in [0.25, 0.3) is 0 Å². The average molecular weight is 185 g/mol. The highest BCUT2D eigenvalue weighted by Crippen LogP contribution is 2.19. The molecule has 1 aromatic rings. The first-order valence-corrected chi connectivity index (χ1v) is 4.36. The quantitative estimate of drug-likeness (QED) is 0.758. The lowest BCUT2D eigenvalue weighted by molar-refractivity contribution is 0.214. The van der Waals surface area contributed by atoms with E-state index < -0.39 is 5.54 Å². The molecule has 0 saturated carbocycles. The first-order chi connectivity index (χ1) is 6.10. The third-order valence-corrected chi connectivity index (χ3v) is 1.92. The first-order valence-electron chi connectivity index (χ1n) is 4.36. The number of hydrogen-bond acceptors (Lipinski definition) is 5. The molecule has 2 N–H and O–H groups in total. The lowest BCUT2D eigenvalue weighted by atomic mass is 10.0. The second-order valence-electron chi connectivity index (χ2n) is 3.09. The van der Waals surface area contributed by atoms with Crippen molar-refractivity contribution < 1.29 is 9.26 Å². The Kier molecular flexibility index (Phi) is 2.87. The van der Waals surface area contributed by atoms with Gasteiger partial charge < -0.3 is 10.5 Å². The maximum absolute atomic E-state index is 5.91. The van der Waals surface area contributed by atoms with Crippen LogP contribution in [-0.2, 0) is 5.54 Å². The van der Waals surface area contributed by atoms with Crippen LogP contribution in [0.25, 0.3) is 0 Å². The SMILES string of the molecule is CCOc1nc(C(C)(N)CC)no1. The molecule has 0 saturated heterocycles. The van der Waals surface area contributed by atoms with Crippen LogP contribution in [0.2, 0.25) is 0 Å². The second-order valence-corrected chi connectivity index (χ2v) is 3.09. The summed E-state index contributed by atoms with van der Waals surface area (Å²) in [5.74, 6) is 0.485. The molecule has 1 aromatic heterocycles. The van der Waals surface area contributed by atoms with E-state index in [0.717, 1.165) is 6.42 Å². The van der Waals surface area contributed by atoms with Gasteiger partial charge in [-0.25, -0.2) is 0 Å². The molecule has 0 aliphatic rings. The van der Waals surface area contributed by atoms with Gasteiger partial charge in [-0.2, -0.15) is 4.98 Å². The van der Waals surface area contributed by atoms with Gasteiger partial charge >= 0.3 is 6.08 Å². The molecule has 0 amide bonds. The highest BCUT2D eigenvalue weighted by molar-refractivity contribution is 5.02. The Hall–Kier alpha value is -1.10. The molecule has 1 atom stereocenters. The lowest BCUT2D eigenvalue weighted by Gasteiger charge is -2.16. The van der Waals surface area contributed by atoms with Crippen LogP contribution in [0.5, 0.6) is 6.08 Å². The molecule has 0 radical (unpaired) electrons. The van der Waals surface area contributed by atoms with E-state index in [1.54, 1.807) is 0 Å². The van der Waals surface area contributed by atoms with E-state index in [9.17, 15) is 0 Å². The number of aromatic nitrogens is 2. The van der Waals surface area contributed by atoms with Crippen LogP contribution in [-0.4, -0.2) is 16.7 Å². The largest absolute Gasteiger partial charge is 0.449 e. The number of nitrogens with two attached hydrogens (primary N) is 1. The third-order valence-electron chi connectivity index (χ3n) is 1.92. The van der Waals surface area contributed by atoms with Crippen molar-refractivity contribution in [2.75, 3.05) is 6.61 Å². The van der Waals surface area contributed by atoms with E-state index in [-0.39, 0.29) is 6.08 Å². The van der Waals surface area contributed by atoms with Crippen LogP contribution >= 0.6 is 0 Å². The maximum atomic E-state index is 5.91. The Balaban J connectivity index is 2.79. The molecule has 0 spiro atoms. The Morgan fingerprint density at radius 1 is 1.54 bits per heavy atom. The molecule has 74 valence electrons. The Morgan fingerprint density at radius 3 is 2.77 bits per heavy atom. The minimum Gasteiger partial charge on any atom is -0.449 e. The van der Waals surface area contributed by atoms with Gasteiger partial charge in [-0.1, -0.05) is 12.1 Å². The summed E-state index contributed by atoms with van der Waals surface area (Å²) < 4.78 is 9.86. The second kappa shape index (κ2) is 3.74. The van der Waals surface area contributed by atoms with Crippen molar-refractivity contribution in [3.05, 3.63) is 5.82 Å². The number of nitrogens with zero attached hydrogens (tertiary/aromatic N) is 2. The number of ether oxygens (including phenoxy) is 1. The third kappa shape index (κ3) is 2.18. The van der Waals surface area contributed by atoms with Crippen molar-refractivity contribution in [1.29, 1.82) is 0 Å². The van der Waals surface area contributed by atoms with Crippen LogP contribution in [0.15, 0.2) is 4.52 Å². The standard InChI is InChI=1S/C8H15N3O2/c1-4-8(3,9)6-10-7(12-5-2)13-11-6/h4-5,9H2,1-3H3. The van der Waals surface area contributed by atoms with Gasteiger partial charge in [0.05, 0.1) is 12.1 Å². The average Bonchev–Trinajstić information content (AvgIpc) is 2.54. The normalized spacial score (nSPS) is 15.4. The molecule has 1 heterocycles. The minimum atomic E-state index is -0.543. The van der Waals surface area contributed by atoms with E-state index >= 15 is 0 Å². The summed E-state index contributed by atoms with van der Waals surface area (Å²) >= 11 is 0. The molecule has 0 aliphatic heterocycles. The summed E-state index contributed by atoms with van der Waals surface area (Å²) in [6.45, 7) is 6.19. The van der Waals surface area contributed by atoms with Crippen molar-refractivity contribution in [2.45, 2.75) is 32.7 Å². The summed E-state index contributed by atoms with van der Waals surface area (Å²) in [5.41, 5.74) is 5.36. The molecular formula is C8H15N3O2. The van der Waals surface area contributed by atoms with Gasteiger partial charge in [0.1, 0.15) is 0 Å². The Labute approximate surface area is 77.3 Å². The zero-order valence-electron chi connectivity index (χ0n) is 8.20. The van der Waals surface area contributed by atoms with E-state index in [4.69, 9.17) is 15.0 Å². The minimum absolute atomic E-state index is 0.183. The van der Waals surface area contributed by atoms with E-state index in [0.29, 0.717) is 12.4 Å². The van der Waals surface area contributed by atoms with Gasteiger partial charge in [-0.05, 0) is 20.3 Å². The molecule has 1 unspecified atom stereocenters. The molecule has 5 heteroatoms. The first kappa shape index (κ1) is 9.98. The summed E-state index contributed by atoms with van der Waals surface area (Å²) in [6, 6.07) is 0. The molecular weight excluding hydrogens is 170 g/mol. The molecule has 0 fully saturated rings. The highest BCUT2D eigenvalue weighted by Gasteiger charge is 2.25. The number of hydrogen-bond donors (Lipinski definition) is 1. The van der Waals surface area contributed by atoms with Crippen molar-refractivity contribution in [2.24, 2.45) is 5.73 Å². The molecule has 0 aliphatic carbocycles. The van der Waals surface area contributed by atoms with Gasteiger partial charge in [0, 0.05) is 0 Å². The fourth-order valence-electron chi connectivity index (χ4n) is 0.782. The summed E-state index contributed by atoms with van der Waals surface area (Å²) in [5, 5.41) is 3.74. The van der Waals surface area contributed by atoms with Crippen LogP contribution in [0.3, 0.4) is 0 Å². The predicted octanol–water partition coefficient (Wildman–Crippen LogP) is 1.05. The zero-order chi connectivity index (χ0) is 9.90. The fraction of sp³-hybridized carbons (Fsp3) is 0.750. The van der Waals surface area contributed by atoms with Crippen molar-refractivity contribution in [3.8, 4) is 6.08 Å². The molecule has 5 nitrogen and oxygen atoms in total. The van der Waals surface area contributed by atoms with Crippen LogP contribution < -0.4 is 10.5 Å². The molecule has 0 bridgehead atoms. The molecule has 1 rings (SSSR count). The Morgan fingerprint density at radius 2 is 2.23 bits per heavy atom. The van der Waals surface area contributed by atoms with Gasteiger partial charge in [0.15, 0.2) is 5.82 Å². The molecule has 0 aromatic carbocycles. The van der Waals surface area contributed by atoms with Gasteiger partial charge in [-0.3, -0.25) is 4.52 Å². The highest BCUT2D eigenvalue weighted by atomic mass is 16.6. The van der Waals surface area contributed by atoms with Gasteiger partial charge in [0.2, 0.25) is 0 Å². The summed E-state index contributed by atoms with van der Waals surface area (Å²) in [4.78, 5) is 4.02. The van der Waals surface area contributed by atoms with Crippen molar-refractivity contribution in [1.82, 2.24) is 10.1 Å². The van der Waals surface area contributed by atoms with Crippen molar-refractivity contribution >= 4 is 0 Å². The smallest absolute Gasteiger partial charge is 0.417 e. The predicted molar refractivity (Wildman–Crippen MR) is 47.3 cm³/mol. The topological polar surface area (TPSA) is 74.2 Å². The monoisotopic (exact) mass is 185 g/mol. The van der Waals surface area contributed by atoms with Crippen LogP contribution in [0.4, 0.5) is 0 Å². The van der Waals surface area contributed by atoms with E-state index in [1.165, 1.54) is 0 Å². The van der Waals surface area contributed by atoms with Crippen LogP contribution in [0.1, 0.15) is 33.0 Å². The van der Waals surface area contributed by atoms with E-state index in [2.05, 4.69) is 10.1 Å². The van der Waals surface area contributed by atoms with Gasteiger partial charge in [-0.15, -0.1) is 0 Å². The number of rotatable bonds is 4. The summed E-state index contributed by atoms with van der Waals surface area (Å²) in [6.07, 6.45) is 0.931. The molecule has 13 heavy (non-hydrogen) atoms.